The second-order valence-electron chi connectivity index (χ2n) is 3.72. The van der Waals surface area contributed by atoms with Gasteiger partial charge in [0.15, 0.2) is 0 Å². The van der Waals surface area contributed by atoms with Crippen LogP contribution in [0.3, 0.4) is 0 Å². The Bertz CT molecular complexity index is 386. The van der Waals surface area contributed by atoms with Gasteiger partial charge < -0.3 is 5.32 Å². The van der Waals surface area contributed by atoms with E-state index in [9.17, 15) is 8.42 Å². The van der Waals surface area contributed by atoms with Crippen LogP contribution in [-0.2, 0) is 9.84 Å². The van der Waals surface area contributed by atoms with Crippen molar-refractivity contribution in [2.24, 2.45) is 0 Å². The fourth-order valence-electron chi connectivity index (χ4n) is 1.32. The molecule has 0 aliphatic carbocycles. The Morgan fingerprint density at radius 1 is 1.27 bits per heavy atom. The van der Waals surface area contributed by atoms with Crippen molar-refractivity contribution in [2.45, 2.75) is 13.0 Å². The van der Waals surface area contributed by atoms with Gasteiger partial charge in [-0.05, 0) is 12.5 Å². The summed E-state index contributed by atoms with van der Waals surface area (Å²) in [5.74, 6) is 0.185. The smallest absolute Gasteiger partial charge is 0.148 e. The van der Waals surface area contributed by atoms with Crippen LogP contribution in [-0.4, -0.2) is 27.0 Å². The first-order valence-corrected chi connectivity index (χ1v) is 7.01. The molecular formula is C11H17NO2S. The summed E-state index contributed by atoms with van der Waals surface area (Å²) in [6.07, 6.45) is 1.25. The Morgan fingerprint density at radius 2 is 1.87 bits per heavy atom. The van der Waals surface area contributed by atoms with E-state index in [1.54, 1.807) is 0 Å². The van der Waals surface area contributed by atoms with Crippen molar-refractivity contribution in [3.63, 3.8) is 0 Å². The van der Waals surface area contributed by atoms with Crippen LogP contribution in [0.25, 0.3) is 0 Å². The molecule has 15 heavy (non-hydrogen) atoms. The van der Waals surface area contributed by atoms with Gasteiger partial charge in [0.05, 0.1) is 5.75 Å². The number of nitrogens with one attached hydrogen (secondary N) is 1. The maximum absolute atomic E-state index is 10.9. The first-order chi connectivity index (χ1) is 6.99. The Balaban J connectivity index is 2.41. The summed E-state index contributed by atoms with van der Waals surface area (Å²) in [5.41, 5.74) is 1.17. The van der Waals surface area contributed by atoms with Crippen molar-refractivity contribution < 1.29 is 8.42 Å². The maximum atomic E-state index is 10.9. The summed E-state index contributed by atoms with van der Waals surface area (Å²) in [5, 5.41) is 3.18. The number of benzene rings is 1. The van der Waals surface area contributed by atoms with Gasteiger partial charge in [0.1, 0.15) is 9.84 Å². The zero-order valence-electron chi connectivity index (χ0n) is 9.10. The largest absolute Gasteiger partial charge is 0.309 e. The van der Waals surface area contributed by atoms with E-state index in [0.717, 1.165) is 0 Å². The van der Waals surface area contributed by atoms with E-state index in [2.05, 4.69) is 5.32 Å². The molecule has 84 valence electrons. The van der Waals surface area contributed by atoms with E-state index in [4.69, 9.17) is 0 Å². The van der Waals surface area contributed by atoms with Gasteiger partial charge in [-0.1, -0.05) is 30.3 Å². The van der Waals surface area contributed by atoms with Crippen molar-refractivity contribution in [2.75, 3.05) is 18.6 Å². The summed E-state index contributed by atoms with van der Waals surface area (Å²) < 4.78 is 21.8. The second kappa shape index (κ2) is 5.28. The molecule has 0 aromatic heterocycles. The minimum absolute atomic E-state index is 0.185. The molecule has 0 aliphatic rings. The normalized spacial score (nSPS) is 13.7. The van der Waals surface area contributed by atoms with Crippen LogP contribution >= 0.6 is 0 Å². The lowest BCUT2D eigenvalue weighted by Crippen LogP contribution is -2.25. The Labute approximate surface area is 91.4 Å². The average molecular weight is 227 g/mol. The molecule has 1 aromatic rings. The van der Waals surface area contributed by atoms with E-state index < -0.39 is 9.84 Å². The molecule has 1 N–H and O–H groups in total. The lowest BCUT2D eigenvalue weighted by atomic mass is 10.1. The molecule has 0 fully saturated rings. The molecular weight excluding hydrogens is 210 g/mol. The Kier molecular flexibility index (Phi) is 4.29. The van der Waals surface area contributed by atoms with Gasteiger partial charge in [0.2, 0.25) is 0 Å². The molecule has 1 aromatic carbocycles. The Morgan fingerprint density at radius 3 is 2.40 bits per heavy atom. The van der Waals surface area contributed by atoms with Gasteiger partial charge >= 0.3 is 0 Å². The number of hydrogen-bond donors (Lipinski definition) is 1. The van der Waals surface area contributed by atoms with Crippen LogP contribution in [0.1, 0.15) is 18.5 Å². The molecule has 0 amide bonds. The molecule has 3 nitrogen and oxygen atoms in total. The number of rotatable bonds is 5. The topological polar surface area (TPSA) is 46.2 Å². The predicted molar refractivity (Wildman–Crippen MR) is 62.6 cm³/mol. The zero-order chi connectivity index (χ0) is 11.3. The Hall–Kier alpha value is -0.870. The SMILES string of the molecule is C[C@@H](NCCS(C)(=O)=O)c1ccccc1. The number of sulfone groups is 1. The van der Waals surface area contributed by atoms with Gasteiger partial charge in [0, 0.05) is 18.8 Å². The standard InChI is InChI=1S/C11H17NO2S/c1-10(11-6-4-3-5-7-11)12-8-9-15(2,13)14/h3-7,10,12H,8-9H2,1-2H3/t10-/m1/s1. The van der Waals surface area contributed by atoms with Crippen LogP contribution in [0, 0.1) is 0 Å². The second-order valence-corrected chi connectivity index (χ2v) is 5.98. The van der Waals surface area contributed by atoms with Gasteiger partial charge in [0.25, 0.3) is 0 Å². The minimum Gasteiger partial charge on any atom is -0.309 e. The molecule has 0 unspecified atom stereocenters. The summed E-state index contributed by atoms with van der Waals surface area (Å²) in [6, 6.07) is 10.2. The van der Waals surface area contributed by atoms with E-state index in [1.807, 2.05) is 37.3 Å². The minimum atomic E-state index is -2.86. The highest BCUT2D eigenvalue weighted by molar-refractivity contribution is 7.90. The maximum Gasteiger partial charge on any atom is 0.148 e. The van der Waals surface area contributed by atoms with Gasteiger partial charge in [-0.25, -0.2) is 8.42 Å². The molecule has 0 radical (unpaired) electrons. The molecule has 0 spiro atoms. The highest BCUT2D eigenvalue weighted by atomic mass is 32.2. The molecule has 0 bridgehead atoms. The van der Waals surface area contributed by atoms with Crippen LogP contribution in [0.15, 0.2) is 30.3 Å². The molecule has 0 saturated heterocycles. The third kappa shape index (κ3) is 4.95. The van der Waals surface area contributed by atoms with Crippen LogP contribution in [0.4, 0.5) is 0 Å². The van der Waals surface area contributed by atoms with Crippen molar-refractivity contribution in [3.05, 3.63) is 35.9 Å². The number of hydrogen-bond acceptors (Lipinski definition) is 3. The highest BCUT2D eigenvalue weighted by Crippen LogP contribution is 2.10. The van der Waals surface area contributed by atoms with Crippen molar-refractivity contribution >= 4 is 9.84 Å². The summed E-state index contributed by atoms with van der Waals surface area (Å²) in [4.78, 5) is 0. The van der Waals surface area contributed by atoms with Gasteiger partial charge in [-0.15, -0.1) is 0 Å². The third-order valence-electron chi connectivity index (χ3n) is 2.22. The van der Waals surface area contributed by atoms with Crippen molar-refractivity contribution in [1.29, 1.82) is 0 Å². The quantitative estimate of drug-likeness (QED) is 0.826. The van der Waals surface area contributed by atoms with Crippen molar-refractivity contribution in [1.82, 2.24) is 5.32 Å². The lowest BCUT2D eigenvalue weighted by molar-refractivity contribution is 0.576. The molecule has 4 heteroatoms. The zero-order valence-corrected chi connectivity index (χ0v) is 9.92. The van der Waals surface area contributed by atoms with E-state index in [1.165, 1.54) is 11.8 Å². The molecule has 0 saturated carbocycles. The first-order valence-electron chi connectivity index (χ1n) is 4.95. The lowest BCUT2D eigenvalue weighted by Gasteiger charge is -2.13. The fourth-order valence-corrected chi connectivity index (χ4v) is 1.81. The predicted octanol–water partition coefficient (Wildman–Crippen LogP) is 1.38. The van der Waals surface area contributed by atoms with Crippen molar-refractivity contribution in [3.8, 4) is 0 Å². The highest BCUT2D eigenvalue weighted by Gasteiger charge is 2.05. The fraction of sp³-hybridized carbons (Fsp3) is 0.455. The van der Waals surface area contributed by atoms with Gasteiger partial charge in [-0.2, -0.15) is 0 Å². The molecule has 1 atom stereocenters. The van der Waals surface area contributed by atoms with E-state index >= 15 is 0 Å². The third-order valence-corrected chi connectivity index (χ3v) is 3.17. The van der Waals surface area contributed by atoms with E-state index in [0.29, 0.717) is 6.54 Å². The van der Waals surface area contributed by atoms with Crippen LogP contribution in [0.5, 0.6) is 0 Å². The molecule has 0 heterocycles. The molecule has 1 rings (SSSR count). The van der Waals surface area contributed by atoms with Gasteiger partial charge in [-0.3, -0.25) is 0 Å². The van der Waals surface area contributed by atoms with E-state index in [-0.39, 0.29) is 11.8 Å². The average Bonchev–Trinajstić information content (AvgIpc) is 2.17. The first kappa shape index (κ1) is 12.2. The summed E-state index contributed by atoms with van der Waals surface area (Å²) in [6.45, 7) is 2.52. The van der Waals surface area contributed by atoms with Crippen LogP contribution < -0.4 is 5.32 Å². The summed E-state index contributed by atoms with van der Waals surface area (Å²) >= 11 is 0. The monoisotopic (exact) mass is 227 g/mol. The summed E-state index contributed by atoms with van der Waals surface area (Å²) in [7, 11) is -2.86. The molecule has 0 aliphatic heterocycles. The van der Waals surface area contributed by atoms with Crippen LogP contribution in [0.2, 0.25) is 0 Å².